The van der Waals surface area contributed by atoms with Crippen molar-refractivity contribution in [2.24, 2.45) is 0 Å². The number of hydrogen-bond donors (Lipinski definition) is 3. The molecule has 0 aliphatic carbocycles. The SMILES string of the molecule is CCCNc1nc(NCC(C)(O)CCC)nc(N(C)C)n1. The van der Waals surface area contributed by atoms with Crippen molar-refractivity contribution in [3.8, 4) is 0 Å². The molecule has 0 radical (unpaired) electrons. The van der Waals surface area contributed by atoms with Crippen molar-refractivity contribution in [1.82, 2.24) is 15.0 Å². The minimum Gasteiger partial charge on any atom is -0.388 e. The highest BCUT2D eigenvalue weighted by molar-refractivity contribution is 5.43. The summed E-state index contributed by atoms with van der Waals surface area (Å²) >= 11 is 0. The number of aliphatic hydroxyl groups is 1. The Morgan fingerprint density at radius 2 is 1.67 bits per heavy atom. The van der Waals surface area contributed by atoms with Crippen LogP contribution in [0.5, 0.6) is 0 Å². The number of nitrogens with one attached hydrogen (secondary N) is 2. The largest absolute Gasteiger partial charge is 0.388 e. The van der Waals surface area contributed by atoms with Crippen LogP contribution in [0.2, 0.25) is 0 Å². The zero-order valence-corrected chi connectivity index (χ0v) is 13.8. The molecule has 3 N–H and O–H groups in total. The maximum absolute atomic E-state index is 10.2. The standard InChI is InChI=1S/C14H28N6O/c1-6-8-14(3,21)10-16-12-17-11(15-9-7-2)18-13(19-12)20(4)5/h21H,6-10H2,1-5H3,(H2,15,16,17,18,19). The lowest BCUT2D eigenvalue weighted by molar-refractivity contribution is 0.0635. The molecule has 0 aromatic carbocycles. The summed E-state index contributed by atoms with van der Waals surface area (Å²) in [6, 6.07) is 0. The highest BCUT2D eigenvalue weighted by Crippen LogP contribution is 2.15. The van der Waals surface area contributed by atoms with Gasteiger partial charge in [0.2, 0.25) is 17.8 Å². The number of hydrogen-bond acceptors (Lipinski definition) is 7. The quantitative estimate of drug-likeness (QED) is 0.639. The summed E-state index contributed by atoms with van der Waals surface area (Å²) in [6.07, 6.45) is 2.65. The Morgan fingerprint density at radius 3 is 2.19 bits per heavy atom. The third kappa shape index (κ3) is 6.12. The highest BCUT2D eigenvalue weighted by Gasteiger charge is 2.19. The predicted octanol–water partition coefficient (Wildman–Crippen LogP) is 1.72. The van der Waals surface area contributed by atoms with Crippen molar-refractivity contribution in [1.29, 1.82) is 0 Å². The van der Waals surface area contributed by atoms with E-state index < -0.39 is 5.60 Å². The molecule has 120 valence electrons. The second kappa shape index (κ2) is 7.97. The van der Waals surface area contributed by atoms with Crippen LogP contribution in [0.25, 0.3) is 0 Å². The fraction of sp³-hybridized carbons (Fsp3) is 0.786. The van der Waals surface area contributed by atoms with Gasteiger partial charge in [-0.1, -0.05) is 20.3 Å². The first-order chi connectivity index (χ1) is 9.88. The first-order valence-corrected chi connectivity index (χ1v) is 7.51. The normalized spacial score (nSPS) is 13.6. The molecule has 1 aromatic rings. The van der Waals surface area contributed by atoms with E-state index >= 15 is 0 Å². The zero-order valence-electron chi connectivity index (χ0n) is 13.8. The minimum absolute atomic E-state index is 0.408. The Labute approximate surface area is 127 Å². The molecule has 7 heteroatoms. The smallest absolute Gasteiger partial charge is 0.231 e. The molecule has 1 heterocycles. The Balaban J connectivity index is 2.82. The number of rotatable bonds is 9. The molecule has 0 fully saturated rings. The number of anilines is 3. The maximum atomic E-state index is 10.2. The Hall–Kier alpha value is -1.63. The third-order valence-electron chi connectivity index (χ3n) is 2.97. The molecule has 0 amide bonds. The van der Waals surface area contributed by atoms with Crippen molar-refractivity contribution >= 4 is 17.8 Å². The fourth-order valence-corrected chi connectivity index (χ4v) is 1.86. The maximum Gasteiger partial charge on any atom is 0.231 e. The molecule has 0 saturated heterocycles. The summed E-state index contributed by atoms with van der Waals surface area (Å²) in [7, 11) is 3.77. The van der Waals surface area contributed by atoms with E-state index in [4.69, 9.17) is 0 Å². The van der Waals surface area contributed by atoms with Gasteiger partial charge < -0.3 is 20.6 Å². The van der Waals surface area contributed by atoms with E-state index in [2.05, 4.69) is 32.5 Å². The summed E-state index contributed by atoms with van der Waals surface area (Å²) < 4.78 is 0. The van der Waals surface area contributed by atoms with Gasteiger partial charge in [-0.15, -0.1) is 0 Å². The molecular weight excluding hydrogens is 268 g/mol. The first kappa shape index (κ1) is 17.4. The van der Waals surface area contributed by atoms with Gasteiger partial charge in [0.1, 0.15) is 0 Å². The van der Waals surface area contributed by atoms with E-state index in [-0.39, 0.29) is 0 Å². The summed E-state index contributed by atoms with van der Waals surface area (Å²) in [5.41, 5.74) is -0.767. The van der Waals surface area contributed by atoms with Crippen molar-refractivity contribution in [2.45, 2.75) is 45.6 Å². The lowest BCUT2D eigenvalue weighted by atomic mass is 10.0. The average Bonchev–Trinajstić information content (AvgIpc) is 2.43. The van der Waals surface area contributed by atoms with E-state index in [0.29, 0.717) is 24.4 Å². The molecule has 0 spiro atoms. The summed E-state index contributed by atoms with van der Waals surface area (Å²) in [4.78, 5) is 14.8. The monoisotopic (exact) mass is 296 g/mol. The lowest BCUT2D eigenvalue weighted by Gasteiger charge is -2.23. The van der Waals surface area contributed by atoms with Gasteiger partial charge in [0.25, 0.3) is 0 Å². The molecule has 0 saturated carbocycles. The molecule has 0 bridgehead atoms. The van der Waals surface area contributed by atoms with Crippen LogP contribution in [0.3, 0.4) is 0 Å². The van der Waals surface area contributed by atoms with Crippen molar-refractivity contribution in [2.75, 3.05) is 42.7 Å². The van der Waals surface area contributed by atoms with E-state index in [1.807, 2.05) is 32.8 Å². The molecule has 1 aromatic heterocycles. The van der Waals surface area contributed by atoms with Crippen LogP contribution in [0.15, 0.2) is 0 Å². The molecule has 1 atom stereocenters. The van der Waals surface area contributed by atoms with Gasteiger partial charge in [-0.2, -0.15) is 15.0 Å². The van der Waals surface area contributed by atoms with Gasteiger partial charge >= 0.3 is 0 Å². The molecule has 0 aliphatic heterocycles. The fourth-order valence-electron chi connectivity index (χ4n) is 1.86. The van der Waals surface area contributed by atoms with E-state index in [0.717, 1.165) is 25.8 Å². The molecule has 0 aliphatic rings. The van der Waals surface area contributed by atoms with Crippen LogP contribution >= 0.6 is 0 Å². The van der Waals surface area contributed by atoms with Crippen molar-refractivity contribution < 1.29 is 5.11 Å². The van der Waals surface area contributed by atoms with E-state index in [1.54, 1.807) is 0 Å². The van der Waals surface area contributed by atoms with Gasteiger partial charge in [0, 0.05) is 27.2 Å². The minimum atomic E-state index is -0.767. The van der Waals surface area contributed by atoms with Crippen molar-refractivity contribution in [3.63, 3.8) is 0 Å². The molecule has 21 heavy (non-hydrogen) atoms. The lowest BCUT2D eigenvalue weighted by Crippen LogP contribution is -2.33. The van der Waals surface area contributed by atoms with Crippen LogP contribution in [0, 0.1) is 0 Å². The first-order valence-electron chi connectivity index (χ1n) is 7.51. The van der Waals surface area contributed by atoms with Crippen molar-refractivity contribution in [3.05, 3.63) is 0 Å². The Bertz CT molecular complexity index is 435. The van der Waals surface area contributed by atoms with Gasteiger partial charge in [0.15, 0.2) is 0 Å². The third-order valence-corrected chi connectivity index (χ3v) is 2.97. The van der Waals surface area contributed by atoms with Gasteiger partial charge in [0.05, 0.1) is 5.60 Å². The van der Waals surface area contributed by atoms with Crippen LogP contribution in [0.4, 0.5) is 17.8 Å². The molecule has 7 nitrogen and oxygen atoms in total. The van der Waals surface area contributed by atoms with Crippen LogP contribution in [-0.4, -0.2) is 52.8 Å². The average molecular weight is 296 g/mol. The molecular formula is C14H28N6O. The van der Waals surface area contributed by atoms with Gasteiger partial charge in [-0.25, -0.2) is 0 Å². The van der Waals surface area contributed by atoms with Crippen LogP contribution in [-0.2, 0) is 0 Å². The molecule has 1 rings (SSSR count). The number of aromatic nitrogens is 3. The summed E-state index contributed by atoms with van der Waals surface area (Å²) in [6.45, 7) is 7.17. The summed E-state index contributed by atoms with van der Waals surface area (Å²) in [5, 5.41) is 16.5. The van der Waals surface area contributed by atoms with Crippen LogP contribution in [0.1, 0.15) is 40.0 Å². The molecule has 1 unspecified atom stereocenters. The highest BCUT2D eigenvalue weighted by atomic mass is 16.3. The van der Waals surface area contributed by atoms with Gasteiger partial charge in [-0.05, 0) is 19.8 Å². The predicted molar refractivity (Wildman–Crippen MR) is 87.0 cm³/mol. The second-order valence-corrected chi connectivity index (χ2v) is 5.70. The Kier molecular flexibility index (Phi) is 6.61. The second-order valence-electron chi connectivity index (χ2n) is 5.70. The van der Waals surface area contributed by atoms with E-state index in [9.17, 15) is 5.11 Å². The van der Waals surface area contributed by atoms with E-state index in [1.165, 1.54) is 0 Å². The zero-order chi connectivity index (χ0) is 15.9. The van der Waals surface area contributed by atoms with Gasteiger partial charge in [-0.3, -0.25) is 0 Å². The topological polar surface area (TPSA) is 86.2 Å². The number of nitrogens with zero attached hydrogens (tertiary/aromatic N) is 4. The summed E-state index contributed by atoms with van der Waals surface area (Å²) in [5.74, 6) is 1.61. The van der Waals surface area contributed by atoms with Crippen LogP contribution < -0.4 is 15.5 Å². The Morgan fingerprint density at radius 1 is 1.05 bits per heavy atom.